The smallest absolute Gasteiger partial charge is 0.234 e. The predicted molar refractivity (Wildman–Crippen MR) is 146 cm³/mol. The fourth-order valence-electron chi connectivity index (χ4n) is 4.55. The summed E-state index contributed by atoms with van der Waals surface area (Å²) in [5.74, 6) is 1.46. The fraction of sp³-hybridized carbons (Fsp3) is 0.231. The molecule has 1 amide bonds. The van der Waals surface area contributed by atoms with Crippen LogP contribution in [0.3, 0.4) is 0 Å². The van der Waals surface area contributed by atoms with Crippen molar-refractivity contribution in [1.29, 1.82) is 0 Å². The van der Waals surface area contributed by atoms with Crippen molar-refractivity contribution < 1.29 is 9.53 Å². The van der Waals surface area contributed by atoms with Crippen molar-refractivity contribution in [2.24, 2.45) is 0 Å². The number of benzene rings is 2. The zero-order valence-corrected chi connectivity index (χ0v) is 21.8. The molecule has 7 nitrogen and oxygen atoms in total. The Hall–Kier alpha value is -3.14. The Morgan fingerprint density at radius 3 is 2.75 bits per heavy atom. The Morgan fingerprint density at radius 1 is 1.14 bits per heavy atom. The van der Waals surface area contributed by atoms with Crippen LogP contribution in [-0.2, 0) is 17.6 Å². The van der Waals surface area contributed by atoms with Crippen LogP contribution in [0.25, 0.3) is 27.3 Å². The van der Waals surface area contributed by atoms with Crippen LogP contribution < -0.4 is 10.1 Å². The number of hydrogen-bond donors (Lipinski definition) is 1. The minimum Gasteiger partial charge on any atom is -0.497 e. The van der Waals surface area contributed by atoms with E-state index in [0.717, 1.165) is 40.0 Å². The van der Waals surface area contributed by atoms with E-state index in [1.54, 1.807) is 18.4 Å². The number of thiophene rings is 1. The number of carbonyl (C=O) groups excluding carboxylic acids is 1. The van der Waals surface area contributed by atoms with Crippen LogP contribution in [0.5, 0.6) is 5.75 Å². The van der Waals surface area contributed by atoms with Crippen molar-refractivity contribution in [3.8, 4) is 17.1 Å². The summed E-state index contributed by atoms with van der Waals surface area (Å²) in [4.78, 5) is 20.1. The molecule has 5 aromatic rings. The predicted octanol–water partition coefficient (Wildman–Crippen LogP) is 6.28. The van der Waals surface area contributed by atoms with Crippen molar-refractivity contribution in [2.75, 3.05) is 18.2 Å². The topological polar surface area (TPSA) is 81.4 Å². The molecule has 1 aliphatic rings. The second kappa shape index (κ2) is 9.72. The van der Waals surface area contributed by atoms with E-state index < -0.39 is 0 Å². The molecule has 1 N–H and O–H groups in total. The first-order valence-corrected chi connectivity index (χ1v) is 13.8. The Morgan fingerprint density at radius 2 is 1.94 bits per heavy atom. The SMILES string of the molecule is COc1ccc(NC(=O)CSc2nnc3c4c5c(sc4nc(-c4ccccc4Cl)n23)CCCC5)cc1. The molecule has 3 aromatic heterocycles. The van der Waals surface area contributed by atoms with Gasteiger partial charge in [-0.05, 0) is 67.6 Å². The maximum Gasteiger partial charge on any atom is 0.234 e. The third-order valence-electron chi connectivity index (χ3n) is 6.25. The number of fused-ring (bicyclic) bond motifs is 5. The second-order valence-corrected chi connectivity index (χ2v) is 10.9. The van der Waals surface area contributed by atoms with E-state index in [9.17, 15) is 4.79 Å². The molecule has 2 aromatic carbocycles. The summed E-state index contributed by atoms with van der Waals surface area (Å²) in [6.45, 7) is 0. The molecule has 0 radical (unpaired) electrons. The standard InChI is InChI=1S/C26H22ClN5O2S2/c1-34-16-12-10-15(11-13-16)28-21(33)14-35-26-31-30-24-22-18-7-3-5-9-20(18)36-25(22)29-23(32(24)26)17-6-2-4-8-19(17)27/h2,4,6,8,10-13H,3,5,7,9,14H2,1H3,(H,28,33). The molecular weight excluding hydrogens is 514 g/mol. The third-order valence-corrected chi connectivity index (χ3v) is 8.69. The minimum atomic E-state index is -0.136. The number of aromatic nitrogens is 4. The summed E-state index contributed by atoms with van der Waals surface area (Å²) in [5, 5.41) is 14.3. The number of hydrogen-bond acceptors (Lipinski definition) is 7. The molecule has 3 heterocycles. The molecule has 0 aliphatic heterocycles. The van der Waals surface area contributed by atoms with Crippen molar-refractivity contribution in [2.45, 2.75) is 30.8 Å². The molecule has 0 unspecified atom stereocenters. The lowest BCUT2D eigenvalue weighted by atomic mass is 9.97. The van der Waals surface area contributed by atoms with E-state index in [0.29, 0.717) is 21.7 Å². The van der Waals surface area contributed by atoms with Gasteiger partial charge in [0.05, 0.1) is 23.3 Å². The summed E-state index contributed by atoms with van der Waals surface area (Å²) in [6, 6.07) is 14.9. The normalized spacial score (nSPS) is 13.2. The Balaban J connectivity index is 1.39. The van der Waals surface area contributed by atoms with Crippen molar-refractivity contribution in [3.05, 3.63) is 64.0 Å². The van der Waals surface area contributed by atoms with Gasteiger partial charge in [0.15, 0.2) is 16.6 Å². The first-order valence-electron chi connectivity index (χ1n) is 11.6. The third kappa shape index (κ3) is 4.21. The van der Waals surface area contributed by atoms with Gasteiger partial charge < -0.3 is 10.1 Å². The number of amides is 1. The fourth-order valence-corrected chi connectivity index (χ4v) is 6.76. The number of halogens is 1. The van der Waals surface area contributed by atoms with Crippen LogP contribution in [0.2, 0.25) is 5.02 Å². The number of aryl methyl sites for hydroxylation is 2. The van der Waals surface area contributed by atoms with Gasteiger partial charge in [-0.1, -0.05) is 35.5 Å². The van der Waals surface area contributed by atoms with Crippen molar-refractivity contribution in [1.82, 2.24) is 19.6 Å². The molecule has 182 valence electrons. The summed E-state index contributed by atoms with van der Waals surface area (Å²) in [5.41, 5.74) is 3.62. The van der Waals surface area contributed by atoms with Crippen LogP contribution >= 0.6 is 34.7 Å². The summed E-state index contributed by atoms with van der Waals surface area (Å²) in [7, 11) is 1.61. The second-order valence-electron chi connectivity index (χ2n) is 8.51. The number of nitrogens with zero attached hydrogens (tertiary/aromatic N) is 4. The molecule has 0 spiro atoms. The van der Waals surface area contributed by atoms with Crippen LogP contribution in [-0.4, -0.2) is 38.4 Å². The van der Waals surface area contributed by atoms with Crippen LogP contribution in [0, 0.1) is 0 Å². The summed E-state index contributed by atoms with van der Waals surface area (Å²) < 4.78 is 7.13. The average molecular weight is 536 g/mol. The lowest BCUT2D eigenvalue weighted by molar-refractivity contribution is -0.113. The van der Waals surface area contributed by atoms with E-state index in [1.807, 2.05) is 52.9 Å². The first-order chi connectivity index (χ1) is 17.6. The molecule has 0 fully saturated rings. The largest absolute Gasteiger partial charge is 0.497 e. The Labute approximate surface area is 220 Å². The number of ether oxygens (including phenoxy) is 1. The minimum absolute atomic E-state index is 0.136. The molecule has 10 heteroatoms. The molecule has 0 bridgehead atoms. The number of rotatable bonds is 6. The molecular formula is C26H22ClN5O2S2. The van der Waals surface area contributed by atoms with Gasteiger partial charge in [-0.25, -0.2) is 4.98 Å². The van der Waals surface area contributed by atoms with E-state index in [-0.39, 0.29) is 11.7 Å². The number of carbonyl (C=O) groups is 1. The van der Waals surface area contributed by atoms with E-state index in [4.69, 9.17) is 21.3 Å². The molecule has 36 heavy (non-hydrogen) atoms. The van der Waals surface area contributed by atoms with Crippen LogP contribution in [0.15, 0.2) is 53.7 Å². The highest BCUT2D eigenvalue weighted by Crippen LogP contribution is 2.40. The number of thioether (sulfide) groups is 1. The van der Waals surface area contributed by atoms with Gasteiger partial charge in [-0.15, -0.1) is 21.5 Å². The van der Waals surface area contributed by atoms with Gasteiger partial charge in [0, 0.05) is 16.1 Å². The average Bonchev–Trinajstić information content (AvgIpc) is 3.49. The molecule has 6 rings (SSSR count). The lowest BCUT2D eigenvalue weighted by Gasteiger charge is -2.12. The number of anilines is 1. The van der Waals surface area contributed by atoms with Gasteiger partial charge in [0.1, 0.15) is 10.6 Å². The van der Waals surface area contributed by atoms with Gasteiger partial charge in [0.25, 0.3) is 0 Å². The number of methoxy groups -OCH3 is 1. The molecule has 0 saturated heterocycles. The molecule has 0 saturated carbocycles. The van der Waals surface area contributed by atoms with Crippen LogP contribution in [0.4, 0.5) is 5.69 Å². The number of nitrogens with one attached hydrogen (secondary N) is 1. The van der Waals surface area contributed by atoms with E-state index in [1.165, 1.54) is 35.0 Å². The highest BCUT2D eigenvalue weighted by atomic mass is 35.5. The van der Waals surface area contributed by atoms with Gasteiger partial charge in [0.2, 0.25) is 5.91 Å². The summed E-state index contributed by atoms with van der Waals surface area (Å²) >= 11 is 9.67. The summed E-state index contributed by atoms with van der Waals surface area (Å²) in [6.07, 6.45) is 4.46. The van der Waals surface area contributed by atoms with Crippen LogP contribution in [0.1, 0.15) is 23.3 Å². The zero-order valence-electron chi connectivity index (χ0n) is 19.5. The highest BCUT2D eigenvalue weighted by Gasteiger charge is 2.25. The molecule has 0 atom stereocenters. The highest BCUT2D eigenvalue weighted by molar-refractivity contribution is 7.99. The lowest BCUT2D eigenvalue weighted by Crippen LogP contribution is -2.14. The van der Waals surface area contributed by atoms with E-state index in [2.05, 4.69) is 15.5 Å². The van der Waals surface area contributed by atoms with Gasteiger partial charge in [-0.2, -0.15) is 0 Å². The molecule has 1 aliphatic carbocycles. The quantitative estimate of drug-likeness (QED) is 0.258. The Kier molecular flexibility index (Phi) is 6.29. The van der Waals surface area contributed by atoms with Crippen molar-refractivity contribution in [3.63, 3.8) is 0 Å². The van der Waals surface area contributed by atoms with E-state index >= 15 is 0 Å². The van der Waals surface area contributed by atoms with Gasteiger partial charge in [-0.3, -0.25) is 9.20 Å². The Bertz CT molecular complexity index is 1600. The van der Waals surface area contributed by atoms with Crippen molar-refractivity contribution >= 4 is 62.2 Å². The maximum atomic E-state index is 12.7. The first kappa shape index (κ1) is 23.3. The van der Waals surface area contributed by atoms with Gasteiger partial charge >= 0.3 is 0 Å². The maximum absolute atomic E-state index is 12.7. The monoisotopic (exact) mass is 535 g/mol. The zero-order chi connectivity index (χ0) is 24.6.